The van der Waals surface area contributed by atoms with Crippen LogP contribution in [0.4, 0.5) is 0 Å². The molecular weight excluding hydrogens is 346 g/mol. The molecule has 132 valence electrons. The summed E-state index contributed by atoms with van der Waals surface area (Å²) in [5.74, 6) is -0.456. The van der Waals surface area contributed by atoms with E-state index in [0.717, 1.165) is 6.42 Å². The number of rotatable bonds is 2. The Bertz CT molecular complexity index is 784. The second kappa shape index (κ2) is 6.33. The summed E-state index contributed by atoms with van der Waals surface area (Å²) in [5, 5.41) is 15.1. The van der Waals surface area contributed by atoms with Gasteiger partial charge in [0.05, 0.1) is 31.6 Å². The number of aromatic hydroxyl groups is 1. The summed E-state index contributed by atoms with van der Waals surface area (Å²) in [4.78, 5) is 14.5. The first-order valence-electron chi connectivity index (χ1n) is 8.12. The van der Waals surface area contributed by atoms with Crippen LogP contribution in [-0.4, -0.2) is 64.2 Å². The van der Waals surface area contributed by atoms with Gasteiger partial charge in [-0.05, 0) is 24.3 Å². The van der Waals surface area contributed by atoms with Crippen molar-refractivity contribution in [1.29, 1.82) is 0 Å². The molecule has 1 amide bonds. The Kier molecular flexibility index (Phi) is 4.15. The Morgan fingerprint density at radius 3 is 2.80 bits per heavy atom. The first-order valence-corrected chi connectivity index (χ1v) is 8.50. The lowest BCUT2D eigenvalue weighted by atomic mass is 10.0. The third-order valence-electron chi connectivity index (χ3n) is 4.59. The number of aromatic nitrogens is 2. The first kappa shape index (κ1) is 16.4. The Hall–Kier alpha value is -2.09. The fourth-order valence-electron chi connectivity index (χ4n) is 3.24. The van der Waals surface area contributed by atoms with Crippen molar-refractivity contribution in [2.24, 2.45) is 0 Å². The molecule has 2 fully saturated rings. The molecule has 7 nitrogen and oxygen atoms in total. The van der Waals surface area contributed by atoms with Crippen LogP contribution in [0.15, 0.2) is 30.5 Å². The van der Waals surface area contributed by atoms with Crippen LogP contribution in [0.2, 0.25) is 5.02 Å². The minimum Gasteiger partial charge on any atom is -0.504 e. The predicted octanol–water partition coefficient (Wildman–Crippen LogP) is 1.86. The summed E-state index contributed by atoms with van der Waals surface area (Å²) in [6.07, 6.45) is 2.19. The molecular formula is C17H18ClN3O4. The standard InChI is InChI=1S/C17H18ClN3O4/c18-12-1-3-13(4-2-12)21-9-14(22)15(19-21)16(23)20-6-8-25-17(10-20)5-7-24-11-17/h1-4,9,22H,5-8,10-11H2. The summed E-state index contributed by atoms with van der Waals surface area (Å²) in [6.45, 7) is 2.49. The molecule has 1 N–H and O–H groups in total. The van der Waals surface area contributed by atoms with Crippen molar-refractivity contribution in [1.82, 2.24) is 14.7 Å². The smallest absolute Gasteiger partial charge is 0.278 e. The second-order valence-corrected chi connectivity index (χ2v) is 6.78. The third-order valence-corrected chi connectivity index (χ3v) is 4.84. The topological polar surface area (TPSA) is 76.8 Å². The van der Waals surface area contributed by atoms with Crippen LogP contribution in [0.5, 0.6) is 5.75 Å². The quantitative estimate of drug-likeness (QED) is 0.881. The van der Waals surface area contributed by atoms with Crippen molar-refractivity contribution in [3.05, 3.63) is 41.2 Å². The molecule has 1 atom stereocenters. The van der Waals surface area contributed by atoms with Crippen molar-refractivity contribution in [3.8, 4) is 11.4 Å². The molecule has 1 aromatic carbocycles. The van der Waals surface area contributed by atoms with Crippen LogP contribution in [0.1, 0.15) is 16.9 Å². The van der Waals surface area contributed by atoms with Crippen LogP contribution in [0.25, 0.3) is 5.69 Å². The van der Waals surface area contributed by atoms with Gasteiger partial charge in [0.25, 0.3) is 5.91 Å². The second-order valence-electron chi connectivity index (χ2n) is 6.34. The monoisotopic (exact) mass is 363 g/mol. The Morgan fingerprint density at radius 1 is 1.28 bits per heavy atom. The van der Waals surface area contributed by atoms with E-state index < -0.39 is 5.60 Å². The number of amides is 1. The van der Waals surface area contributed by atoms with Crippen LogP contribution in [0, 0.1) is 0 Å². The van der Waals surface area contributed by atoms with Crippen molar-refractivity contribution >= 4 is 17.5 Å². The van der Waals surface area contributed by atoms with Gasteiger partial charge in [0.2, 0.25) is 0 Å². The van der Waals surface area contributed by atoms with Gasteiger partial charge in [-0.3, -0.25) is 4.79 Å². The molecule has 25 heavy (non-hydrogen) atoms. The van der Waals surface area contributed by atoms with E-state index in [0.29, 0.717) is 43.6 Å². The zero-order valence-corrected chi connectivity index (χ0v) is 14.3. The highest BCUT2D eigenvalue weighted by Gasteiger charge is 2.42. The molecule has 0 saturated carbocycles. The van der Waals surface area contributed by atoms with E-state index in [1.54, 1.807) is 29.2 Å². The van der Waals surface area contributed by atoms with Gasteiger partial charge in [-0.15, -0.1) is 0 Å². The van der Waals surface area contributed by atoms with Gasteiger partial charge in [-0.2, -0.15) is 5.10 Å². The molecule has 1 spiro atoms. The number of morpholine rings is 1. The Balaban J connectivity index is 1.57. The van der Waals surface area contributed by atoms with Gasteiger partial charge in [0.1, 0.15) is 5.60 Å². The zero-order chi connectivity index (χ0) is 17.4. The van der Waals surface area contributed by atoms with Crippen LogP contribution in [0.3, 0.4) is 0 Å². The Labute approximate surface area is 149 Å². The highest BCUT2D eigenvalue weighted by Crippen LogP contribution is 2.29. The highest BCUT2D eigenvalue weighted by molar-refractivity contribution is 6.30. The molecule has 8 heteroatoms. The minimum atomic E-state index is -0.428. The lowest BCUT2D eigenvalue weighted by Crippen LogP contribution is -2.54. The van der Waals surface area contributed by atoms with E-state index in [1.165, 1.54) is 10.9 Å². The van der Waals surface area contributed by atoms with Crippen molar-refractivity contribution in [2.45, 2.75) is 12.0 Å². The first-order chi connectivity index (χ1) is 12.1. The maximum absolute atomic E-state index is 12.8. The maximum Gasteiger partial charge on any atom is 0.278 e. The average Bonchev–Trinajstić information content (AvgIpc) is 3.22. The van der Waals surface area contributed by atoms with Crippen molar-refractivity contribution in [2.75, 3.05) is 32.9 Å². The molecule has 2 saturated heterocycles. The lowest BCUT2D eigenvalue weighted by molar-refractivity contribution is -0.0996. The SMILES string of the molecule is O=C(c1nn(-c2ccc(Cl)cc2)cc1O)N1CCOC2(CCOC2)C1. The molecule has 0 bridgehead atoms. The number of hydrogen-bond acceptors (Lipinski definition) is 5. The van der Waals surface area contributed by atoms with Crippen LogP contribution < -0.4 is 0 Å². The third kappa shape index (κ3) is 3.10. The summed E-state index contributed by atoms with van der Waals surface area (Å²) >= 11 is 5.89. The fraction of sp³-hybridized carbons (Fsp3) is 0.412. The number of benzene rings is 1. The van der Waals surface area contributed by atoms with Crippen molar-refractivity contribution in [3.63, 3.8) is 0 Å². The van der Waals surface area contributed by atoms with E-state index in [-0.39, 0.29) is 17.4 Å². The normalized spacial score (nSPS) is 23.3. The van der Waals surface area contributed by atoms with E-state index in [1.807, 2.05) is 0 Å². The molecule has 3 heterocycles. The van der Waals surface area contributed by atoms with E-state index in [4.69, 9.17) is 21.1 Å². The summed E-state index contributed by atoms with van der Waals surface area (Å²) < 4.78 is 12.7. The summed E-state index contributed by atoms with van der Waals surface area (Å²) in [6, 6.07) is 6.98. The average molecular weight is 364 g/mol. The van der Waals surface area contributed by atoms with Crippen molar-refractivity contribution < 1.29 is 19.4 Å². The van der Waals surface area contributed by atoms with E-state index >= 15 is 0 Å². The molecule has 2 aliphatic heterocycles. The molecule has 0 aliphatic carbocycles. The highest BCUT2D eigenvalue weighted by atomic mass is 35.5. The number of carbonyl (C=O) groups is 1. The van der Waals surface area contributed by atoms with E-state index in [9.17, 15) is 9.90 Å². The van der Waals surface area contributed by atoms with Gasteiger partial charge in [0.15, 0.2) is 11.4 Å². The van der Waals surface area contributed by atoms with Crippen LogP contribution in [-0.2, 0) is 9.47 Å². The van der Waals surface area contributed by atoms with Gasteiger partial charge in [0, 0.05) is 24.6 Å². The van der Waals surface area contributed by atoms with Gasteiger partial charge in [-0.25, -0.2) is 4.68 Å². The molecule has 1 unspecified atom stereocenters. The minimum absolute atomic E-state index is 0.0333. The van der Waals surface area contributed by atoms with Gasteiger partial charge >= 0.3 is 0 Å². The molecule has 4 rings (SSSR count). The number of hydrogen-bond donors (Lipinski definition) is 1. The number of ether oxygens (including phenoxy) is 2. The van der Waals surface area contributed by atoms with E-state index in [2.05, 4.69) is 5.10 Å². The number of carbonyl (C=O) groups excluding carboxylic acids is 1. The number of nitrogens with zero attached hydrogens (tertiary/aromatic N) is 3. The molecule has 0 radical (unpaired) electrons. The summed E-state index contributed by atoms with van der Waals surface area (Å²) in [5.41, 5.74) is 0.315. The fourth-order valence-corrected chi connectivity index (χ4v) is 3.36. The molecule has 2 aliphatic rings. The largest absolute Gasteiger partial charge is 0.504 e. The number of halogens is 1. The molecule has 2 aromatic rings. The lowest BCUT2D eigenvalue weighted by Gasteiger charge is -2.39. The van der Waals surface area contributed by atoms with Crippen LogP contribution >= 0.6 is 11.6 Å². The molecule has 1 aromatic heterocycles. The zero-order valence-electron chi connectivity index (χ0n) is 13.5. The predicted molar refractivity (Wildman–Crippen MR) is 90.3 cm³/mol. The van der Waals surface area contributed by atoms with Gasteiger partial charge in [-0.1, -0.05) is 11.6 Å². The summed E-state index contributed by atoms with van der Waals surface area (Å²) in [7, 11) is 0. The maximum atomic E-state index is 12.8. The van der Waals surface area contributed by atoms with Gasteiger partial charge < -0.3 is 19.5 Å². The Morgan fingerprint density at radius 2 is 2.08 bits per heavy atom.